The van der Waals surface area contributed by atoms with Gasteiger partial charge in [-0.25, -0.2) is 24.9 Å². The van der Waals surface area contributed by atoms with E-state index in [9.17, 15) is 0 Å². The number of aromatic nitrogens is 5. The van der Waals surface area contributed by atoms with Crippen molar-refractivity contribution in [3.8, 4) is 67.9 Å². The summed E-state index contributed by atoms with van der Waals surface area (Å²) in [5.74, 6) is 2.54. The molecule has 6 nitrogen and oxygen atoms in total. The third-order valence-electron chi connectivity index (χ3n) is 8.56. The number of rotatable bonds is 6. The van der Waals surface area contributed by atoms with E-state index in [2.05, 4.69) is 54.6 Å². The lowest BCUT2D eigenvalue weighted by Gasteiger charge is -2.10. The molecule has 0 aliphatic rings. The van der Waals surface area contributed by atoms with Crippen LogP contribution in [0.2, 0.25) is 0 Å². The van der Waals surface area contributed by atoms with Gasteiger partial charge in [0.2, 0.25) is 0 Å². The maximum Gasteiger partial charge on any atom is 0.180 e. The highest BCUT2D eigenvalue weighted by Crippen LogP contribution is 2.36. The lowest BCUT2D eigenvalue weighted by atomic mass is 10.0. The SMILES string of the molecule is c1ccc(-c2nc(-c3ccccc3)nc(-c3ccc(-c4cccc(-c5nc(-c6ccccc6)c6oc7ccccc7c6n5)c4)cc3)n2)cc1. The lowest BCUT2D eigenvalue weighted by molar-refractivity contribution is 0.667. The normalized spacial score (nSPS) is 11.3. The number of fused-ring (bicyclic) bond motifs is 3. The fourth-order valence-corrected chi connectivity index (χ4v) is 6.10. The second-order valence-corrected chi connectivity index (χ2v) is 11.7. The van der Waals surface area contributed by atoms with E-state index in [1.165, 1.54) is 0 Å². The number of hydrogen-bond acceptors (Lipinski definition) is 6. The molecule has 0 saturated heterocycles. The predicted molar refractivity (Wildman–Crippen MR) is 195 cm³/mol. The predicted octanol–water partition coefficient (Wildman–Crippen LogP) is 10.6. The topological polar surface area (TPSA) is 77.6 Å². The fourth-order valence-electron chi connectivity index (χ4n) is 6.10. The zero-order valence-corrected chi connectivity index (χ0v) is 26.2. The molecule has 6 heteroatoms. The second kappa shape index (κ2) is 12.1. The Labute approximate surface area is 282 Å². The minimum absolute atomic E-state index is 0.621. The molecule has 0 aliphatic heterocycles. The van der Waals surface area contributed by atoms with Crippen molar-refractivity contribution in [2.75, 3.05) is 0 Å². The summed E-state index contributed by atoms with van der Waals surface area (Å²) in [6.07, 6.45) is 0. The van der Waals surface area contributed by atoms with Crippen LogP contribution in [-0.4, -0.2) is 24.9 Å². The van der Waals surface area contributed by atoms with Crippen molar-refractivity contribution in [1.82, 2.24) is 24.9 Å². The van der Waals surface area contributed by atoms with Gasteiger partial charge < -0.3 is 4.42 Å². The molecule has 0 amide bonds. The summed E-state index contributed by atoms with van der Waals surface area (Å²) in [4.78, 5) is 24.7. The fraction of sp³-hybridized carbons (Fsp3) is 0. The summed E-state index contributed by atoms with van der Waals surface area (Å²) >= 11 is 0. The van der Waals surface area contributed by atoms with Crippen molar-refractivity contribution < 1.29 is 4.42 Å². The van der Waals surface area contributed by atoms with Crippen molar-refractivity contribution in [1.29, 1.82) is 0 Å². The molecule has 49 heavy (non-hydrogen) atoms. The van der Waals surface area contributed by atoms with Crippen LogP contribution in [0.25, 0.3) is 90.0 Å². The van der Waals surface area contributed by atoms with Crippen molar-refractivity contribution in [2.45, 2.75) is 0 Å². The molecule has 9 aromatic rings. The van der Waals surface area contributed by atoms with Crippen LogP contribution in [0.15, 0.2) is 168 Å². The maximum atomic E-state index is 6.30. The largest absolute Gasteiger partial charge is 0.452 e. The standard InChI is InChI=1S/C43H27N5O/c1-4-13-29(14-5-1)37-39-38(35-21-10-11-22-36(35)49-39)45-43(44-37)34-20-12-19-33(27-34)28-23-25-32(26-24-28)42-47-40(30-15-6-2-7-16-30)46-41(48-42)31-17-8-3-9-18-31/h1-27H. The molecule has 0 fully saturated rings. The summed E-state index contributed by atoms with van der Waals surface area (Å²) < 4.78 is 6.30. The van der Waals surface area contributed by atoms with Crippen molar-refractivity contribution in [3.63, 3.8) is 0 Å². The van der Waals surface area contributed by atoms with Gasteiger partial charge in [-0.1, -0.05) is 146 Å². The molecule has 9 rings (SSSR count). The number of furan rings is 1. The van der Waals surface area contributed by atoms with E-state index >= 15 is 0 Å². The number of hydrogen-bond donors (Lipinski definition) is 0. The monoisotopic (exact) mass is 629 g/mol. The summed E-state index contributed by atoms with van der Waals surface area (Å²) in [7, 11) is 0. The van der Waals surface area contributed by atoms with Gasteiger partial charge in [0, 0.05) is 33.2 Å². The Hall–Kier alpha value is -6.79. The average Bonchev–Trinajstić information content (AvgIpc) is 3.57. The van der Waals surface area contributed by atoms with Crippen LogP contribution in [0.5, 0.6) is 0 Å². The highest BCUT2D eigenvalue weighted by molar-refractivity contribution is 6.07. The highest BCUT2D eigenvalue weighted by Gasteiger charge is 2.18. The van der Waals surface area contributed by atoms with Crippen LogP contribution >= 0.6 is 0 Å². The van der Waals surface area contributed by atoms with Gasteiger partial charge in [-0.2, -0.15) is 0 Å². The van der Waals surface area contributed by atoms with Gasteiger partial charge in [-0.05, 0) is 29.3 Å². The van der Waals surface area contributed by atoms with Crippen LogP contribution in [0.3, 0.4) is 0 Å². The smallest absolute Gasteiger partial charge is 0.180 e. The van der Waals surface area contributed by atoms with Crippen LogP contribution in [-0.2, 0) is 0 Å². The van der Waals surface area contributed by atoms with E-state index in [0.717, 1.165) is 61.1 Å². The molecule has 3 heterocycles. The molecular weight excluding hydrogens is 603 g/mol. The van der Waals surface area contributed by atoms with Crippen LogP contribution in [0.4, 0.5) is 0 Å². The zero-order valence-electron chi connectivity index (χ0n) is 26.2. The Morgan fingerprint density at radius 1 is 0.327 bits per heavy atom. The first-order chi connectivity index (χ1) is 24.3. The molecule has 6 aromatic carbocycles. The summed E-state index contributed by atoms with van der Waals surface area (Å²) in [5, 5.41) is 0.967. The molecule has 0 radical (unpaired) electrons. The Kier molecular flexibility index (Phi) is 7.02. The van der Waals surface area contributed by atoms with Gasteiger partial charge in [0.15, 0.2) is 28.9 Å². The molecule has 0 unspecified atom stereocenters. The molecule has 0 bridgehead atoms. The first-order valence-electron chi connectivity index (χ1n) is 16.1. The lowest BCUT2D eigenvalue weighted by Crippen LogP contribution is -2.00. The van der Waals surface area contributed by atoms with Crippen LogP contribution in [0.1, 0.15) is 0 Å². The quantitative estimate of drug-likeness (QED) is 0.182. The van der Waals surface area contributed by atoms with Gasteiger partial charge in [0.1, 0.15) is 16.8 Å². The second-order valence-electron chi connectivity index (χ2n) is 11.7. The van der Waals surface area contributed by atoms with Gasteiger partial charge in [-0.3, -0.25) is 0 Å². The Balaban J connectivity index is 1.11. The molecule has 3 aromatic heterocycles. The molecular formula is C43H27N5O. The van der Waals surface area contributed by atoms with Crippen molar-refractivity contribution >= 4 is 22.1 Å². The van der Waals surface area contributed by atoms with E-state index < -0.39 is 0 Å². The molecule has 0 saturated carbocycles. The van der Waals surface area contributed by atoms with E-state index in [0.29, 0.717) is 28.9 Å². The summed E-state index contributed by atoms with van der Waals surface area (Å²) in [6, 6.07) is 54.8. The Morgan fingerprint density at radius 3 is 1.43 bits per heavy atom. The summed E-state index contributed by atoms with van der Waals surface area (Å²) in [6.45, 7) is 0. The summed E-state index contributed by atoms with van der Waals surface area (Å²) in [5.41, 5.74) is 9.85. The van der Waals surface area contributed by atoms with E-state index in [1.807, 2.05) is 109 Å². The van der Waals surface area contributed by atoms with Gasteiger partial charge in [0.05, 0.1) is 0 Å². The minimum atomic E-state index is 0.621. The van der Waals surface area contributed by atoms with Crippen LogP contribution in [0, 0.1) is 0 Å². The van der Waals surface area contributed by atoms with E-state index in [1.54, 1.807) is 0 Å². The average molecular weight is 630 g/mol. The molecule has 0 atom stereocenters. The van der Waals surface area contributed by atoms with E-state index in [4.69, 9.17) is 29.3 Å². The Morgan fingerprint density at radius 2 is 0.796 bits per heavy atom. The third kappa shape index (κ3) is 5.41. The molecule has 230 valence electrons. The molecule has 0 N–H and O–H groups in total. The number of nitrogens with zero attached hydrogens (tertiary/aromatic N) is 5. The van der Waals surface area contributed by atoms with Crippen molar-refractivity contribution in [2.24, 2.45) is 0 Å². The van der Waals surface area contributed by atoms with Gasteiger partial charge >= 0.3 is 0 Å². The Bertz CT molecular complexity index is 2530. The first-order valence-corrected chi connectivity index (χ1v) is 16.1. The van der Waals surface area contributed by atoms with Crippen LogP contribution < -0.4 is 0 Å². The first kappa shape index (κ1) is 28.4. The van der Waals surface area contributed by atoms with Crippen molar-refractivity contribution in [3.05, 3.63) is 164 Å². The zero-order chi connectivity index (χ0) is 32.6. The molecule has 0 spiro atoms. The van der Waals surface area contributed by atoms with Gasteiger partial charge in [-0.15, -0.1) is 0 Å². The highest BCUT2D eigenvalue weighted by atomic mass is 16.3. The van der Waals surface area contributed by atoms with E-state index in [-0.39, 0.29) is 0 Å². The third-order valence-corrected chi connectivity index (χ3v) is 8.56. The van der Waals surface area contributed by atoms with Gasteiger partial charge in [0.25, 0.3) is 0 Å². The number of para-hydroxylation sites is 1. The molecule has 0 aliphatic carbocycles. The number of benzene rings is 6. The maximum absolute atomic E-state index is 6.30. The minimum Gasteiger partial charge on any atom is -0.452 e.